The van der Waals surface area contributed by atoms with E-state index in [0.717, 1.165) is 44.1 Å². The number of aromatic nitrogens is 1. The molecule has 0 saturated heterocycles. The summed E-state index contributed by atoms with van der Waals surface area (Å²) in [6.45, 7) is 11.7. The highest BCUT2D eigenvalue weighted by molar-refractivity contribution is 5.09. The van der Waals surface area contributed by atoms with Crippen LogP contribution in [0.25, 0.3) is 0 Å². The summed E-state index contributed by atoms with van der Waals surface area (Å²) in [5.41, 5.74) is 2.21. The first kappa shape index (κ1) is 13.1. The minimum Gasteiger partial charge on any atom is -0.310 e. The van der Waals surface area contributed by atoms with Gasteiger partial charge in [0.25, 0.3) is 0 Å². The maximum absolute atomic E-state index is 4.45. The summed E-state index contributed by atoms with van der Waals surface area (Å²) in [5, 5.41) is 3.42. The van der Waals surface area contributed by atoms with E-state index in [9.17, 15) is 0 Å². The molecule has 16 heavy (non-hydrogen) atoms. The molecule has 0 aliphatic rings. The van der Waals surface area contributed by atoms with E-state index < -0.39 is 0 Å². The molecule has 0 spiro atoms. The van der Waals surface area contributed by atoms with Crippen LogP contribution >= 0.6 is 0 Å². The fourth-order valence-electron chi connectivity index (χ4n) is 1.69. The first-order valence-corrected chi connectivity index (χ1v) is 6.11. The second-order valence-electron chi connectivity index (χ2n) is 3.97. The van der Waals surface area contributed by atoms with Gasteiger partial charge >= 0.3 is 0 Å². The Morgan fingerprint density at radius 1 is 1.25 bits per heavy atom. The summed E-state index contributed by atoms with van der Waals surface area (Å²) < 4.78 is 0. The van der Waals surface area contributed by atoms with Gasteiger partial charge in [0.2, 0.25) is 0 Å². The van der Waals surface area contributed by atoms with Crippen LogP contribution in [0.4, 0.5) is 0 Å². The third kappa shape index (κ3) is 4.73. The molecule has 0 aliphatic heterocycles. The van der Waals surface area contributed by atoms with Crippen LogP contribution < -0.4 is 5.32 Å². The number of nitrogens with one attached hydrogen (secondary N) is 1. The van der Waals surface area contributed by atoms with Gasteiger partial charge in [-0.15, -0.1) is 0 Å². The molecule has 1 aromatic rings. The zero-order chi connectivity index (χ0) is 11.8. The van der Waals surface area contributed by atoms with Crippen molar-refractivity contribution in [3.8, 4) is 0 Å². The van der Waals surface area contributed by atoms with Crippen LogP contribution in [0.15, 0.2) is 18.2 Å². The van der Waals surface area contributed by atoms with E-state index in [4.69, 9.17) is 0 Å². The van der Waals surface area contributed by atoms with Gasteiger partial charge in [0.05, 0.1) is 5.69 Å². The number of nitrogens with zero attached hydrogens (tertiary/aromatic N) is 2. The van der Waals surface area contributed by atoms with Crippen LogP contribution in [-0.4, -0.2) is 36.1 Å². The third-order valence-corrected chi connectivity index (χ3v) is 2.75. The largest absolute Gasteiger partial charge is 0.310 e. The second-order valence-corrected chi connectivity index (χ2v) is 3.97. The molecule has 1 N–H and O–H groups in total. The van der Waals surface area contributed by atoms with Crippen molar-refractivity contribution >= 4 is 0 Å². The van der Waals surface area contributed by atoms with Crippen LogP contribution in [0.1, 0.15) is 25.2 Å². The Balaban J connectivity index is 2.20. The Bertz CT molecular complexity index is 295. The lowest BCUT2D eigenvalue weighted by molar-refractivity contribution is 0.302. The van der Waals surface area contributed by atoms with E-state index in [2.05, 4.69) is 41.2 Å². The van der Waals surface area contributed by atoms with Crippen molar-refractivity contribution in [2.45, 2.75) is 27.3 Å². The van der Waals surface area contributed by atoms with Crippen molar-refractivity contribution in [1.29, 1.82) is 0 Å². The molecule has 90 valence electrons. The van der Waals surface area contributed by atoms with Gasteiger partial charge in [-0.1, -0.05) is 19.9 Å². The molecule has 0 bridgehead atoms. The molecule has 1 rings (SSSR count). The lowest BCUT2D eigenvalue weighted by Gasteiger charge is -2.17. The Kier molecular flexibility index (Phi) is 6.04. The van der Waals surface area contributed by atoms with Crippen LogP contribution in [0.3, 0.4) is 0 Å². The molecule has 3 heteroatoms. The van der Waals surface area contributed by atoms with E-state index in [1.807, 2.05) is 13.0 Å². The molecule has 0 amide bonds. The van der Waals surface area contributed by atoms with Crippen molar-refractivity contribution in [3.05, 3.63) is 29.6 Å². The summed E-state index contributed by atoms with van der Waals surface area (Å²) in [7, 11) is 0. The summed E-state index contributed by atoms with van der Waals surface area (Å²) in [5.74, 6) is 0. The van der Waals surface area contributed by atoms with Crippen molar-refractivity contribution in [1.82, 2.24) is 15.2 Å². The summed E-state index contributed by atoms with van der Waals surface area (Å²) in [4.78, 5) is 6.87. The normalized spacial score (nSPS) is 11.0. The minimum atomic E-state index is 0.864. The predicted octanol–water partition coefficient (Wildman–Crippen LogP) is 1.82. The SMILES string of the molecule is CCN(CC)CCNCc1cccc(C)n1. The summed E-state index contributed by atoms with van der Waals surface area (Å²) >= 11 is 0. The van der Waals surface area contributed by atoms with Gasteiger partial charge in [-0.05, 0) is 32.1 Å². The molecule has 0 unspecified atom stereocenters. The molecule has 0 aromatic carbocycles. The molecular formula is C13H23N3. The molecule has 1 heterocycles. The fraction of sp³-hybridized carbons (Fsp3) is 0.615. The van der Waals surface area contributed by atoms with Gasteiger partial charge in [0.1, 0.15) is 0 Å². The van der Waals surface area contributed by atoms with E-state index in [0.29, 0.717) is 0 Å². The number of likely N-dealkylation sites (N-methyl/N-ethyl adjacent to an activating group) is 1. The topological polar surface area (TPSA) is 28.2 Å². The maximum Gasteiger partial charge on any atom is 0.0544 e. The van der Waals surface area contributed by atoms with Crippen LogP contribution in [0.5, 0.6) is 0 Å². The van der Waals surface area contributed by atoms with E-state index >= 15 is 0 Å². The fourth-order valence-corrected chi connectivity index (χ4v) is 1.69. The Labute approximate surface area is 98.9 Å². The number of hydrogen-bond acceptors (Lipinski definition) is 3. The van der Waals surface area contributed by atoms with Crippen molar-refractivity contribution in [3.63, 3.8) is 0 Å². The first-order chi connectivity index (χ1) is 7.76. The average molecular weight is 221 g/mol. The van der Waals surface area contributed by atoms with Crippen LogP contribution in [0, 0.1) is 6.92 Å². The van der Waals surface area contributed by atoms with E-state index in [1.165, 1.54) is 0 Å². The van der Waals surface area contributed by atoms with Crippen molar-refractivity contribution in [2.24, 2.45) is 0 Å². The quantitative estimate of drug-likeness (QED) is 0.712. The van der Waals surface area contributed by atoms with Gasteiger partial charge in [0, 0.05) is 25.3 Å². The van der Waals surface area contributed by atoms with E-state index in [1.54, 1.807) is 0 Å². The third-order valence-electron chi connectivity index (χ3n) is 2.75. The molecule has 0 fully saturated rings. The molecule has 0 saturated carbocycles. The molecule has 0 radical (unpaired) electrons. The summed E-state index contributed by atoms with van der Waals surface area (Å²) in [6, 6.07) is 6.15. The summed E-state index contributed by atoms with van der Waals surface area (Å²) in [6.07, 6.45) is 0. The monoisotopic (exact) mass is 221 g/mol. The smallest absolute Gasteiger partial charge is 0.0544 e. The minimum absolute atomic E-state index is 0.864. The standard InChI is InChI=1S/C13H23N3/c1-4-16(5-2)10-9-14-11-13-8-6-7-12(3)15-13/h6-8,14H,4-5,9-11H2,1-3H3. The van der Waals surface area contributed by atoms with Gasteiger partial charge in [-0.3, -0.25) is 4.98 Å². The van der Waals surface area contributed by atoms with Crippen LogP contribution in [0.2, 0.25) is 0 Å². The lowest BCUT2D eigenvalue weighted by atomic mass is 10.3. The number of aryl methyl sites for hydroxylation is 1. The highest BCUT2D eigenvalue weighted by Crippen LogP contribution is 1.97. The van der Waals surface area contributed by atoms with Crippen LogP contribution in [-0.2, 0) is 6.54 Å². The molecule has 0 aliphatic carbocycles. The number of hydrogen-bond donors (Lipinski definition) is 1. The Morgan fingerprint density at radius 2 is 2.00 bits per heavy atom. The molecule has 1 aromatic heterocycles. The molecule has 0 atom stereocenters. The zero-order valence-corrected chi connectivity index (χ0v) is 10.7. The van der Waals surface area contributed by atoms with Gasteiger partial charge in [-0.2, -0.15) is 0 Å². The Hall–Kier alpha value is -0.930. The highest BCUT2D eigenvalue weighted by atomic mass is 15.1. The number of pyridine rings is 1. The average Bonchev–Trinajstić information content (AvgIpc) is 2.29. The lowest BCUT2D eigenvalue weighted by Crippen LogP contribution is -2.31. The van der Waals surface area contributed by atoms with Gasteiger partial charge < -0.3 is 10.2 Å². The van der Waals surface area contributed by atoms with E-state index in [-0.39, 0.29) is 0 Å². The van der Waals surface area contributed by atoms with Gasteiger partial charge in [-0.25, -0.2) is 0 Å². The highest BCUT2D eigenvalue weighted by Gasteiger charge is 1.98. The molecular weight excluding hydrogens is 198 g/mol. The van der Waals surface area contributed by atoms with Crippen molar-refractivity contribution in [2.75, 3.05) is 26.2 Å². The zero-order valence-electron chi connectivity index (χ0n) is 10.7. The Morgan fingerprint density at radius 3 is 2.62 bits per heavy atom. The van der Waals surface area contributed by atoms with Gasteiger partial charge in [0.15, 0.2) is 0 Å². The second kappa shape index (κ2) is 7.36. The first-order valence-electron chi connectivity index (χ1n) is 6.11. The number of rotatable bonds is 7. The molecule has 3 nitrogen and oxygen atoms in total. The maximum atomic E-state index is 4.45. The predicted molar refractivity (Wildman–Crippen MR) is 68.5 cm³/mol. The van der Waals surface area contributed by atoms with Crippen molar-refractivity contribution < 1.29 is 0 Å².